The third-order valence-corrected chi connectivity index (χ3v) is 4.91. The lowest BCUT2D eigenvalue weighted by atomic mass is 9.82. The minimum Gasteiger partial charge on any atom is -0.369 e. The molecule has 1 fully saturated rings. The molecule has 0 radical (unpaired) electrons. The maximum Gasteiger partial charge on any atom is 0.228 e. The van der Waals surface area contributed by atoms with Crippen molar-refractivity contribution in [2.45, 2.75) is 38.5 Å². The Bertz CT molecular complexity index is 678. The number of carbonyl (C=O) groups excluding carboxylic acids is 1. The van der Waals surface area contributed by atoms with Crippen molar-refractivity contribution >= 4 is 29.1 Å². The van der Waals surface area contributed by atoms with E-state index in [-0.39, 0.29) is 11.2 Å². The van der Waals surface area contributed by atoms with Gasteiger partial charge in [0.2, 0.25) is 11.2 Å². The SMILES string of the molecule is NC(=O)C1(C2=CCCC=C2CCc2nc(Cl)ncc2Cl)CC1. The molecule has 2 aliphatic carbocycles. The maximum atomic E-state index is 11.8. The zero-order valence-corrected chi connectivity index (χ0v) is 13.6. The van der Waals surface area contributed by atoms with E-state index in [0.717, 1.165) is 43.4 Å². The summed E-state index contributed by atoms with van der Waals surface area (Å²) in [6.45, 7) is 0. The second kappa shape index (κ2) is 6.01. The Morgan fingerprint density at radius 1 is 1.23 bits per heavy atom. The van der Waals surface area contributed by atoms with Gasteiger partial charge in [-0.05, 0) is 61.3 Å². The number of aromatic nitrogens is 2. The number of hydrogen-bond donors (Lipinski definition) is 1. The molecule has 0 bridgehead atoms. The molecule has 0 atom stereocenters. The molecule has 0 unspecified atom stereocenters. The summed E-state index contributed by atoms with van der Waals surface area (Å²) in [7, 11) is 0. The normalized spacial score (nSPS) is 19.4. The molecule has 1 aromatic rings. The van der Waals surface area contributed by atoms with Crippen LogP contribution >= 0.6 is 23.2 Å². The predicted molar refractivity (Wildman–Crippen MR) is 86.6 cm³/mol. The van der Waals surface area contributed by atoms with E-state index in [1.807, 2.05) is 0 Å². The number of amides is 1. The van der Waals surface area contributed by atoms with Crippen molar-refractivity contribution in [2.24, 2.45) is 11.1 Å². The first-order valence-corrected chi connectivity index (χ1v) is 8.15. The fourth-order valence-corrected chi connectivity index (χ4v) is 3.38. The number of primary amides is 1. The largest absolute Gasteiger partial charge is 0.369 e. The number of aryl methyl sites for hydroxylation is 1. The summed E-state index contributed by atoms with van der Waals surface area (Å²) < 4.78 is 0. The second-order valence-electron chi connectivity index (χ2n) is 5.80. The van der Waals surface area contributed by atoms with Gasteiger partial charge in [-0.2, -0.15) is 0 Å². The predicted octanol–water partition coefficient (Wildman–Crippen LogP) is 3.63. The first kappa shape index (κ1) is 15.5. The van der Waals surface area contributed by atoms with Gasteiger partial charge in [0.1, 0.15) is 0 Å². The maximum absolute atomic E-state index is 11.8. The molecule has 4 nitrogen and oxygen atoms in total. The summed E-state index contributed by atoms with van der Waals surface area (Å²) in [6, 6.07) is 0. The van der Waals surface area contributed by atoms with E-state index in [9.17, 15) is 4.79 Å². The standard InChI is InChI=1S/C16H17Cl2N3O/c17-12-9-20-15(18)21-13(12)6-5-10-3-1-2-4-11(10)16(7-8-16)14(19)22/h3-4,9H,1-2,5-8H2,(H2,19,22). The summed E-state index contributed by atoms with van der Waals surface area (Å²) in [5, 5.41) is 0.714. The average Bonchev–Trinajstić information content (AvgIpc) is 3.30. The van der Waals surface area contributed by atoms with E-state index >= 15 is 0 Å². The summed E-state index contributed by atoms with van der Waals surface area (Å²) in [5.74, 6) is -0.213. The van der Waals surface area contributed by atoms with Crippen LogP contribution in [0.25, 0.3) is 0 Å². The molecule has 1 aromatic heterocycles. The number of allylic oxidation sites excluding steroid dienone is 3. The monoisotopic (exact) mass is 337 g/mol. The number of nitrogens with zero attached hydrogens (tertiary/aromatic N) is 2. The Morgan fingerprint density at radius 2 is 1.95 bits per heavy atom. The van der Waals surface area contributed by atoms with Crippen LogP contribution in [-0.4, -0.2) is 15.9 Å². The van der Waals surface area contributed by atoms with Crippen molar-refractivity contribution < 1.29 is 4.79 Å². The van der Waals surface area contributed by atoms with Gasteiger partial charge in [0.05, 0.1) is 22.3 Å². The van der Waals surface area contributed by atoms with Crippen LogP contribution in [0.4, 0.5) is 0 Å². The van der Waals surface area contributed by atoms with Gasteiger partial charge in [-0.15, -0.1) is 0 Å². The lowest BCUT2D eigenvalue weighted by molar-refractivity contribution is -0.121. The highest BCUT2D eigenvalue weighted by Crippen LogP contribution is 2.55. The molecule has 116 valence electrons. The van der Waals surface area contributed by atoms with Gasteiger partial charge >= 0.3 is 0 Å². The molecule has 22 heavy (non-hydrogen) atoms. The summed E-state index contributed by atoms with van der Waals surface area (Å²) in [5.41, 5.74) is 8.21. The second-order valence-corrected chi connectivity index (χ2v) is 6.55. The number of carbonyl (C=O) groups is 1. The first-order valence-electron chi connectivity index (χ1n) is 7.40. The van der Waals surface area contributed by atoms with Crippen molar-refractivity contribution in [3.8, 4) is 0 Å². The van der Waals surface area contributed by atoms with Gasteiger partial charge in [0, 0.05) is 0 Å². The van der Waals surface area contributed by atoms with Crippen molar-refractivity contribution in [1.29, 1.82) is 0 Å². The molecule has 0 aromatic carbocycles. The number of nitrogens with two attached hydrogens (primary N) is 1. The molecular weight excluding hydrogens is 321 g/mol. The highest BCUT2D eigenvalue weighted by molar-refractivity contribution is 6.31. The molecule has 1 heterocycles. The van der Waals surface area contributed by atoms with Crippen LogP contribution in [0.15, 0.2) is 29.5 Å². The zero-order valence-electron chi connectivity index (χ0n) is 12.1. The summed E-state index contributed by atoms with van der Waals surface area (Å²) in [4.78, 5) is 19.8. The number of rotatable bonds is 5. The molecule has 2 aliphatic rings. The molecule has 0 spiro atoms. The molecule has 0 aliphatic heterocycles. The van der Waals surface area contributed by atoms with Crippen LogP contribution in [0.2, 0.25) is 10.3 Å². The Morgan fingerprint density at radius 3 is 2.64 bits per heavy atom. The van der Waals surface area contributed by atoms with Crippen molar-refractivity contribution in [3.63, 3.8) is 0 Å². The van der Waals surface area contributed by atoms with Crippen LogP contribution in [0.3, 0.4) is 0 Å². The lowest BCUT2D eigenvalue weighted by Crippen LogP contribution is -2.28. The van der Waals surface area contributed by atoms with E-state index in [4.69, 9.17) is 28.9 Å². The molecule has 1 amide bonds. The van der Waals surface area contributed by atoms with Crippen LogP contribution in [0, 0.1) is 5.41 Å². The quantitative estimate of drug-likeness (QED) is 0.834. The fraction of sp³-hybridized carbons (Fsp3) is 0.438. The number of hydrogen-bond acceptors (Lipinski definition) is 3. The van der Waals surface area contributed by atoms with Gasteiger partial charge in [0.25, 0.3) is 0 Å². The van der Waals surface area contributed by atoms with Crippen LogP contribution in [0.5, 0.6) is 0 Å². The van der Waals surface area contributed by atoms with Crippen molar-refractivity contribution in [2.75, 3.05) is 0 Å². The van der Waals surface area contributed by atoms with Crippen molar-refractivity contribution in [1.82, 2.24) is 9.97 Å². The van der Waals surface area contributed by atoms with E-state index in [0.29, 0.717) is 11.4 Å². The molecule has 3 rings (SSSR count). The van der Waals surface area contributed by atoms with E-state index in [2.05, 4.69) is 22.1 Å². The van der Waals surface area contributed by atoms with E-state index in [1.54, 1.807) is 0 Å². The van der Waals surface area contributed by atoms with Gasteiger partial charge in [0.15, 0.2) is 0 Å². The molecule has 0 saturated heterocycles. The summed E-state index contributed by atoms with van der Waals surface area (Å²) in [6.07, 6.45) is 11.0. The smallest absolute Gasteiger partial charge is 0.228 e. The Balaban J connectivity index is 1.77. The van der Waals surface area contributed by atoms with Gasteiger partial charge in [-0.3, -0.25) is 4.79 Å². The number of halogens is 2. The van der Waals surface area contributed by atoms with Crippen LogP contribution < -0.4 is 5.73 Å². The third-order valence-electron chi connectivity index (χ3n) is 4.41. The lowest BCUT2D eigenvalue weighted by Gasteiger charge is -2.22. The van der Waals surface area contributed by atoms with Gasteiger partial charge < -0.3 is 5.73 Å². The van der Waals surface area contributed by atoms with Gasteiger partial charge in [-0.1, -0.05) is 23.8 Å². The Kier molecular flexibility index (Phi) is 4.24. The minimum atomic E-state index is -0.431. The van der Waals surface area contributed by atoms with Gasteiger partial charge in [-0.25, -0.2) is 9.97 Å². The van der Waals surface area contributed by atoms with E-state index < -0.39 is 5.41 Å². The highest BCUT2D eigenvalue weighted by Gasteiger charge is 2.52. The Hall–Kier alpha value is -1.39. The van der Waals surface area contributed by atoms with Crippen molar-refractivity contribution in [3.05, 3.63) is 45.5 Å². The molecule has 2 N–H and O–H groups in total. The highest BCUT2D eigenvalue weighted by atomic mass is 35.5. The zero-order chi connectivity index (χ0) is 15.7. The average molecular weight is 338 g/mol. The molecule has 1 saturated carbocycles. The Labute approximate surface area is 139 Å². The van der Waals surface area contributed by atoms with E-state index in [1.165, 1.54) is 11.8 Å². The topological polar surface area (TPSA) is 68.9 Å². The summed E-state index contributed by atoms with van der Waals surface area (Å²) >= 11 is 11.9. The first-order chi connectivity index (χ1) is 10.5. The molecular formula is C16H17Cl2N3O. The van der Waals surface area contributed by atoms with Crippen LogP contribution in [-0.2, 0) is 11.2 Å². The molecule has 6 heteroatoms. The minimum absolute atomic E-state index is 0.198. The van der Waals surface area contributed by atoms with Crippen LogP contribution in [0.1, 0.15) is 37.8 Å². The fourth-order valence-electron chi connectivity index (χ4n) is 3.05. The third kappa shape index (κ3) is 2.90.